The number of amides is 1. The fraction of sp³-hybridized carbons (Fsp3) is 0.355. The Kier molecular flexibility index (Phi) is 6.62. The number of aryl methyl sites for hydroxylation is 1. The topological polar surface area (TPSA) is 70.7 Å². The molecule has 204 valence electrons. The number of benzene rings is 2. The van der Waals surface area contributed by atoms with Gasteiger partial charge in [0.1, 0.15) is 17.3 Å². The summed E-state index contributed by atoms with van der Waals surface area (Å²) in [6.07, 6.45) is 4.91. The molecule has 3 heterocycles. The first-order chi connectivity index (χ1) is 19.0. The Morgan fingerprint density at radius 3 is 2.49 bits per heavy atom. The van der Waals surface area contributed by atoms with Crippen LogP contribution in [0.5, 0.6) is 11.5 Å². The number of halogens is 1. The van der Waals surface area contributed by atoms with Gasteiger partial charge in [-0.25, -0.2) is 9.37 Å². The molecule has 6 rings (SSSR count). The van der Waals surface area contributed by atoms with Crippen LogP contribution in [0.15, 0.2) is 48.7 Å². The summed E-state index contributed by atoms with van der Waals surface area (Å²) < 4.78 is 26.7. The van der Waals surface area contributed by atoms with Crippen LogP contribution in [-0.2, 0) is 6.42 Å². The van der Waals surface area contributed by atoms with Crippen molar-refractivity contribution in [2.24, 2.45) is 0 Å². The van der Waals surface area contributed by atoms with Crippen molar-refractivity contribution in [3.05, 3.63) is 71.3 Å². The quantitative estimate of drug-likeness (QED) is 0.316. The van der Waals surface area contributed by atoms with Crippen LogP contribution in [-0.4, -0.2) is 61.2 Å². The maximum absolute atomic E-state index is 15.4. The van der Waals surface area contributed by atoms with Gasteiger partial charge in [0.05, 0.1) is 19.7 Å². The summed E-state index contributed by atoms with van der Waals surface area (Å²) in [5, 5.41) is 0.667. The van der Waals surface area contributed by atoms with Crippen LogP contribution >= 0.6 is 0 Å². The number of hydrogen-bond donors (Lipinski definition) is 1. The number of nitrogens with one attached hydrogen (secondary N) is 1. The van der Waals surface area contributed by atoms with E-state index >= 15 is 4.39 Å². The van der Waals surface area contributed by atoms with E-state index in [0.29, 0.717) is 66.4 Å². The molecule has 4 aromatic rings. The van der Waals surface area contributed by atoms with E-state index in [1.54, 1.807) is 20.3 Å². The lowest BCUT2D eigenvalue weighted by Crippen LogP contribution is -2.49. The van der Waals surface area contributed by atoms with Gasteiger partial charge in [-0.1, -0.05) is 25.1 Å². The normalized spacial score (nSPS) is 15.6. The summed E-state index contributed by atoms with van der Waals surface area (Å²) in [5.41, 5.74) is 4.25. The average Bonchev–Trinajstić information content (AvgIpc) is 3.74. The monoisotopic (exact) mass is 530 g/mol. The van der Waals surface area contributed by atoms with Crippen LogP contribution in [0.25, 0.3) is 22.0 Å². The van der Waals surface area contributed by atoms with Gasteiger partial charge in [0.25, 0.3) is 5.91 Å². The van der Waals surface area contributed by atoms with E-state index in [9.17, 15) is 4.79 Å². The molecule has 1 aliphatic heterocycles. The maximum Gasteiger partial charge on any atom is 0.270 e. The minimum atomic E-state index is -0.317. The third-order valence-corrected chi connectivity index (χ3v) is 7.93. The summed E-state index contributed by atoms with van der Waals surface area (Å²) in [5.74, 6) is 2.44. The van der Waals surface area contributed by atoms with E-state index in [1.807, 2.05) is 48.4 Å². The number of rotatable bonds is 7. The number of fused-ring (bicyclic) bond motifs is 1. The van der Waals surface area contributed by atoms with Crippen molar-refractivity contribution >= 4 is 22.6 Å². The van der Waals surface area contributed by atoms with E-state index in [4.69, 9.17) is 14.5 Å². The zero-order valence-corrected chi connectivity index (χ0v) is 22.6. The van der Waals surface area contributed by atoms with E-state index < -0.39 is 0 Å². The second-order valence-electron chi connectivity index (χ2n) is 10.3. The molecule has 1 saturated carbocycles. The highest BCUT2D eigenvalue weighted by atomic mass is 19.1. The van der Waals surface area contributed by atoms with Crippen molar-refractivity contribution in [1.82, 2.24) is 14.9 Å². The standard InChI is InChI=1S/C31H33FN4O3.H2/c1-4-19-15-23(22-7-5-6-8-26(22)38-2)24-17-25(34-29(24)28(19)32)31(37)36-13-11-35(12-14-36)30-27(39-3)16-21(18-33-30)20-9-10-20;/h5-8,15-18,20,34H,4,9-14H2,1-3H3;1H. The molecule has 1 saturated heterocycles. The smallest absolute Gasteiger partial charge is 0.270 e. The number of para-hydroxylation sites is 1. The van der Waals surface area contributed by atoms with Gasteiger partial charge in [-0.2, -0.15) is 0 Å². The summed E-state index contributed by atoms with van der Waals surface area (Å²) in [6.45, 7) is 4.27. The summed E-state index contributed by atoms with van der Waals surface area (Å²) in [7, 11) is 3.30. The number of piperazine rings is 1. The van der Waals surface area contributed by atoms with Gasteiger partial charge in [0.15, 0.2) is 11.6 Å². The van der Waals surface area contributed by atoms with Gasteiger partial charge >= 0.3 is 0 Å². The number of anilines is 1. The molecule has 2 aliphatic rings. The Balaban J connectivity index is 0.00000323. The molecular formula is C31H35FN4O3. The summed E-state index contributed by atoms with van der Waals surface area (Å²) in [6, 6.07) is 13.4. The highest BCUT2D eigenvalue weighted by molar-refractivity contribution is 6.04. The molecule has 8 heteroatoms. The third kappa shape index (κ3) is 4.58. The van der Waals surface area contributed by atoms with Crippen LogP contribution in [0, 0.1) is 5.82 Å². The van der Waals surface area contributed by atoms with Crippen molar-refractivity contribution in [2.75, 3.05) is 45.3 Å². The van der Waals surface area contributed by atoms with Crippen LogP contribution in [0.2, 0.25) is 0 Å². The lowest BCUT2D eigenvalue weighted by atomic mass is 9.96. The molecule has 2 aromatic carbocycles. The third-order valence-electron chi connectivity index (χ3n) is 7.93. The second-order valence-corrected chi connectivity index (χ2v) is 10.3. The van der Waals surface area contributed by atoms with Gasteiger partial charge in [0, 0.05) is 44.8 Å². The minimum Gasteiger partial charge on any atom is -0.496 e. The Morgan fingerprint density at radius 1 is 1.05 bits per heavy atom. The number of ether oxygens (including phenoxy) is 2. The summed E-state index contributed by atoms with van der Waals surface area (Å²) >= 11 is 0. The van der Waals surface area contributed by atoms with Crippen molar-refractivity contribution in [1.29, 1.82) is 0 Å². The Bertz CT molecular complexity index is 1540. The lowest BCUT2D eigenvalue weighted by molar-refractivity contribution is 0.0741. The first kappa shape index (κ1) is 25.2. The Morgan fingerprint density at radius 2 is 1.79 bits per heavy atom. The summed E-state index contributed by atoms with van der Waals surface area (Å²) in [4.78, 5) is 25.4. The first-order valence-corrected chi connectivity index (χ1v) is 13.6. The molecule has 0 atom stereocenters. The van der Waals surface area contributed by atoms with Crippen LogP contribution in [0.4, 0.5) is 10.2 Å². The fourth-order valence-corrected chi connectivity index (χ4v) is 5.55. The van der Waals surface area contributed by atoms with Gasteiger partial charge < -0.3 is 24.3 Å². The second kappa shape index (κ2) is 10.2. The molecule has 0 spiro atoms. The predicted molar refractivity (Wildman–Crippen MR) is 153 cm³/mol. The Labute approximate surface area is 229 Å². The van der Waals surface area contributed by atoms with Crippen molar-refractivity contribution < 1.29 is 20.1 Å². The number of hydrogen-bond acceptors (Lipinski definition) is 5. The van der Waals surface area contributed by atoms with E-state index in [1.165, 1.54) is 18.4 Å². The predicted octanol–water partition coefficient (Wildman–Crippen LogP) is 6.03. The van der Waals surface area contributed by atoms with Crippen LogP contribution in [0.3, 0.4) is 0 Å². The molecule has 7 nitrogen and oxygen atoms in total. The molecule has 39 heavy (non-hydrogen) atoms. The molecular weight excluding hydrogens is 495 g/mol. The highest BCUT2D eigenvalue weighted by Crippen LogP contribution is 2.42. The molecule has 0 bridgehead atoms. The number of aromatic amines is 1. The van der Waals surface area contributed by atoms with Gasteiger partial charge in [-0.15, -0.1) is 0 Å². The van der Waals surface area contributed by atoms with E-state index in [2.05, 4.69) is 16.0 Å². The molecule has 0 unspecified atom stereocenters. The van der Waals surface area contributed by atoms with Gasteiger partial charge in [-0.05, 0) is 66.1 Å². The number of carbonyl (C=O) groups is 1. The fourth-order valence-electron chi connectivity index (χ4n) is 5.55. The van der Waals surface area contributed by atoms with Crippen molar-refractivity contribution in [3.63, 3.8) is 0 Å². The van der Waals surface area contributed by atoms with Gasteiger partial charge in [-0.3, -0.25) is 4.79 Å². The number of nitrogens with zero attached hydrogens (tertiary/aromatic N) is 3. The molecule has 2 fully saturated rings. The molecule has 1 N–H and O–H groups in total. The minimum absolute atomic E-state index is 0. The number of carbonyl (C=O) groups excluding carboxylic acids is 1. The number of H-pyrrole nitrogens is 1. The Hall–Kier alpha value is -4.07. The number of methoxy groups -OCH3 is 2. The molecule has 2 aromatic heterocycles. The largest absolute Gasteiger partial charge is 0.496 e. The van der Waals surface area contributed by atoms with Gasteiger partial charge in [0.2, 0.25) is 0 Å². The molecule has 1 aliphatic carbocycles. The molecule has 0 radical (unpaired) electrons. The highest BCUT2D eigenvalue weighted by Gasteiger charge is 2.29. The zero-order chi connectivity index (χ0) is 27.1. The van der Waals surface area contributed by atoms with E-state index in [-0.39, 0.29) is 13.2 Å². The first-order valence-electron chi connectivity index (χ1n) is 13.6. The molecule has 1 amide bonds. The maximum atomic E-state index is 15.4. The van der Waals surface area contributed by atoms with Crippen molar-refractivity contribution in [2.45, 2.75) is 32.1 Å². The SMILES string of the molecule is CCc1cc(-c2ccccc2OC)c2cc(C(=O)N3CCN(c4ncc(C5CC5)cc4OC)CC3)[nH]c2c1F.[HH]. The lowest BCUT2D eigenvalue weighted by Gasteiger charge is -2.35. The number of pyridine rings is 1. The zero-order valence-electron chi connectivity index (χ0n) is 22.6. The van der Waals surface area contributed by atoms with Crippen LogP contribution in [0.1, 0.15) is 48.7 Å². The number of aromatic nitrogens is 2. The van der Waals surface area contributed by atoms with Crippen molar-refractivity contribution in [3.8, 4) is 22.6 Å². The van der Waals surface area contributed by atoms with E-state index in [0.717, 1.165) is 22.7 Å². The van der Waals surface area contributed by atoms with Crippen LogP contribution < -0.4 is 14.4 Å². The average molecular weight is 531 g/mol.